The first-order valence-electron chi connectivity index (χ1n) is 5.35. The first-order chi connectivity index (χ1) is 7.88. The van der Waals surface area contributed by atoms with Gasteiger partial charge in [0.2, 0.25) is 0 Å². The lowest BCUT2D eigenvalue weighted by Gasteiger charge is -2.04. The van der Waals surface area contributed by atoms with Gasteiger partial charge in [0.1, 0.15) is 0 Å². The molecule has 3 aromatic rings. The number of nitrogens with zero attached hydrogens (tertiary/aromatic N) is 1. The Balaban J connectivity index is 2.47. The second-order valence-corrected chi connectivity index (χ2v) is 3.90. The average molecular weight is 208 g/mol. The maximum atomic E-state index is 5.66. The highest BCUT2D eigenvalue weighted by atomic mass is 14.6. The Morgan fingerprint density at radius 2 is 1.88 bits per heavy atom. The molecule has 0 spiro atoms. The van der Waals surface area contributed by atoms with Gasteiger partial charge in [0.05, 0.1) is 5.52 Å². The van der Waals surface area contributed by atoms with Gasteiger partial charge in [0, 0.05) is 23.5 Å². The maximum Gasteiger partial charge on any atom is 0.0708 e. The van der Waals surface area contributed by atoms with Crippen LogP contribution in [-0.4, -0.2) is 4.98 Å². The predicted molar refractivity (Wildman–Crippen MR) is 67.1 cm³/mol. The van der Waals surface area contributed by atoms with E-state index in [0.29, 0.717) is 6.54 Å². The maximum absolute atomic E-state index is 5.66. The molecule has 2 N–H and O–H groups in total. The van der Waals surface area contributed by atoms with Gasteiger partial charge in [0.15, 0.2) is 0 Å². The van der Waals surface area contributed by atoms with Crippen molar-refractivity contribution in [1.82, 2.24) is 4.98 Å². The summed E-state index contributed by atoms with van der Waals surface area (Å²) >= 11 is 0. The van der Waals surface area contributed by atoms with Crippen molar-refractivity contribution in [3.8, 4) is 0 Å². The van der Waals surface area contributed by atoms with E-state index >= 15 is 0 Å². The summed E-state index contributed by atoms with van der Waals surface area (Å²) in [4.78, 5) is 4.44. The van der Waals surface area contributed by atoms with E-state index < -0.39 is 0 Å². The summed E-state index contributed by atoms with van der Waals surface area (Å²) in [5.74, 6) is 0. The molecule has 0 saturated heterocycles. The van der Waals surface area contributed by atoms with E-state index in [1.54, 1.807) is 0 Å². The quantitative estimate of drug-likeness (QED) is 0.624. The van der Waals surface area contributed by atoms with Gasteiger partial charge in [-0.2, -0.15) is 0 Å². The number of hydrogen-bond acceptors (Lipinski definition) is 2. The molecule has 2 aromatic carbocycles. The third kappa shape index (κ3) is 1.35. The van der Waals surface area contributed by atoms with E-state index in [-0.39, 0.29) is 0 Å². The van der Waals surface area contributed by atoms with Crippen LogP contribution in [0.15, 0.2) is 48.7 Å². The third-order valence-electron chi connectivity index (χ3n) is 2.89. The fourth-order valence-electron chi connectivity index (χ4n) is 2.03. The lowest BCUT2D eigenvalue weighted by molar-refractivity contribution is 1.08. The molecular formula is C14H12N2. The molecule has 2 heteroatoms. The number of nitrogens with two attached hydrogens (primary N) is 1. The molecule has 0 amide bonds. The molecule has 1 heterocycles. The molecule has 0 radical (unpaired) electrons. The van der Waals surface area contributed by atoms with Crippen LogP contribution >= 0.6 is 0 Å². The number of benzene rings is 2. The smallest absolute Gasteiger partial charge is 0.0708 e. The Morgan fingerprint density at radius 3 is 2.75 bits per heavy atom. The molecule has 0 fully saturated rings. The van der Waals surface area contributed by atoms with Gasteiger partial charge in [-0.1, -0.05) is 30.3 Å². The largest absolute Gasteiger partial charge is 0.326 e. The Hall–Kier alpha value is -1.93. The molecule has 0 aliphatic rings. The number of aromatic nitrogens is 1. The average Bonchev–Trinajstić information content (AvgIpc) is 2.38. The van der Waals surface area contributed by atoms with E-state index in [9.17, 15) is 0 Å². The molecule has 78 valence electrons. The first kappa shape index (κ1) is 9.31. The molecule has 0 aliphatic carbocycles. The first-order valence-corrected chi connectivity index (χ1v) is 5.35. The molecule has 16 heavy (non-hydrogen) atoms. The molecule has 0 aliphatic heterocycles. The van der Waals surface area contributed by atoms with E-state index in [4.69, 9.17) is 5.73 Å². The normalized spacial score (nSPS) is 11.1. The van der Waals surface area contributed by atoms with Gasteiger partial charge < -0.3 is 5.73 Å². The van der Waals surface area contributed by atoms with Crippen molar-refractivity contribution in [3.63, 3.8) is 0 Å². The van der Waals surface area contributed by atoms with Crippen LogP contribution in [0, 0.1) is 0 Å². The van der Waals surface area contributed by atoms with E-state index in [1.807, 2.05) is 24.4 Å². The van der Waals surface area contributed by atoms with Crippen molar-refractivity contribution < 1.29 is 0 Å². The summed E-state index contributed by atoms with van der Waals surface area (Å²) in [5, 5.41) is 3.59. The number of fused-ring (bicyclic) bond motifs is 3. The topological polar surface area (TPSA) is 38.9 Å². The zero-order valence-electron chi connectivity index (χ0n) is 8.85. The van der Waals surface area contributed by atoms with Crippen LogP contribution < -0.4 is 5.73 Å². The Morgan fingerprint density at radius 1 is 1.00 bits per heavy atom. The van der Waals surface area contributed by atoms with Crippen LogP contribution in [0.25, 0.3) is 21.7 Å². The minimum absolute atomic E-state index is 0.569. The van der Waals surface area contributed by atoms with E-state index in [2.05, 4.69) is 29.2 Å². The Bertz CT molecular complexity index is 659. The van der Waals surface area contributed by atoms with E-state index in [1.165, 1.54) is 16.2 Å². The molecule has 0 unspecified atom stereocenters. The number of hydrogen-bond donors (Lipinski definition) is 1. The zero-order valence-corrected chi connectivity index (χ0v) is 8.85. The second-order valence-electron chi connectivity index (χ2n) is 3.90. The van der Waals surface area contributed by atoms with E-state index in [0.717, 1.165) is 11.1 Å². The Kier molecular flexibility index (Phi) is 2.08. The monoisotopic (exact) mass is 208 g/mol. The van der Waals surface area contributed by atoms with Crippen molar-refractivity contribution in [2.24, 2.45) is 5.73 Å². The second kappa shape index (κ2) is 3.58. The summed E-state index contributed by atoms with van der Waals surface area (Å²) in [5.41, 5.74) is 7.83. The lowest BCUT2D eigenvalue weighted by Crippen LogP contribution is -1.95. The van der Waals surface area contributed by atoms with Crippen LogP contribution in [0.5, 0.6) is 0 Å². The van der Waals surface area contributed by atoms with Crippen LogP contribution in [0.4, 0.5) is 0 Å². The summed E-state index contributed by atoms with van der Waals surface area (Å²) < 4.78 is 0. The highest BCUT2D eigenvalue weighted by molar-refractivity contribution is 6.05. The molecule has 0 saturated carbocycles. The van der Waals surface area contributed by atoms with Gasteiger partial charge in [0.25, 0.3) is 0 Å². The fourth-order valence-corrected chi connectivity index (χ4v) is 2.03. The van der Waals surface area contributed by atoms with Crippen molar-refractivity contribution >= 4 is 21.7 Å². The molecule has 1 aromatic heterocycles. The van der Waals surface area contributed by atoms with Gasteiger partial charge >= 0.3 is 0 Å². The summed E-state index contributed by atoms with van der Waals surface area (Å²) in [6, 6.07) is 14.5. The summed E-state index contributed by atoms with van der Waals surface area (Å²) in [7, 11) is 0. The lowest BCUT2D eigenvalue weighted by atomic mass is 10.0. The fraction of sp³-hybridized carbons (Fsp3) is 0.0714. The minimum Gasteiger partial charge on any atom is -0.326 e. The van der Waals surface area contributed by atoms with Crippen LogP contribution in [0.1, 0.15) is 5.56 Å². The molecule has 0 atom stereocenters. The highest BCUT2D eigenvalue weighted by Crippen LogP contribution is 2.23. The van der Waals surface area contributed by atoms with Crippen molar-refractivity contribution in [2.45, 2.75) is 6.54 Å². The molecule has 2 nitrogen and oxygen atoms in total. The van der Waals surface area contributed by atoms with Gasteiger partial charge in [-0.3, -0.25) is 4.98 Å². The van der Waals surface area contributed by atoms with Crippen LogP contribution in [0.3, 0.4) is 0 Å². The summed E-state index contributed by atoms with van der Waals surface area (Å²) in [6.07, 6.45) is 1.92. The Labute approximate surface area is 93.7 Å². The van der Waals surface area contributed by atoms with Crippen molar-refractivity contribution in [3.05, 3.63) is 54.2 Å². The highest BCUT2D eigenvalue weighted by Gasteiger charge is 2.01. The van der Waals surface area contributed by atoms with Crippen LogP contribution in [-0.2, 0) is 6.54 Å². The zero-order chi connectivity index (χ0) is 11.0. The molecule has 0 bridgehead atoms. The predicted octanol–water partition coefficient (Wildman–Crippen LogP) is 2.85. The van der Waals surface area contributed by atoms with Crippen molar-refractivity contribution in [2.75, 3.05) is 0 Å². The van der Waals surface area contributed by atoms with Crippen molar-refractivity contribution in [1.29, 1.82) is 0 Å². The standard InChI is InChI=1S/C14H12N2/c15-8-10-5-6-14-13(7-10)12-4-2-1-3-11(12)9-16-14/h1-7,9H,8,15H2. The van der Waals surface area contributed by atoms with Gasteiger partial charge in [-0.15, -0.1) is 0 Å². The SMILES string of the molecule is NCc1ccc2ncc3ccccc3c2c1. The number of rotatable bonds is 1. The third-order valence-corrected chi connectivity index (χ3v) is 2.89. The van der Waals surface area contributed by atoms with Gasteiger partial charge in [-0.05, 0) is 23.1 Å². The molecule has 3 rings (SSSR count). The van der Waals surface area contributed by atoms with Gasteiger partial charge in [-0.25, -0.2) is 0 Å². The number of pyridine rings is 1. The minimum atomic E-state index is 0.569. The molecular weight excluding hydrogens is 196 g/mol. The summed E-state index contributed by atoms with van der Waals surface area (Å²) in [6.45, 7) is 0.569. The van der Waals surface area contributed by atoms with Crippen LogP contribution in [0.2, 0.25) is 0 Å².